The average molecular weight is 274 g/mol. The van der Waals surface area contributed by atoms with Gasteiger partial charge in [0.2, 0.25) is 0 Å². The normalized spacial score (nSPS) is 19.7. The molecule has 1 unspecified atom stereocenters. The summed E-state index contributed by atoms with van der Waals surface area (Å²) in [5, 5.41) is 7.97. The Kier molecular flexibility index (Phi) is 3.38. The maximum absolute atomic E-state index is 5.64. The van der Waals surface area contributed by atoms with Gasteiger partial charge in [0.05, 0.1) is 11.7 Å². The van der Waals surface area contributed by atoms with E-state index in [1.807, 2.05) is 7.05 Å². The van der Waals surface area contributed by atoms with Gasteiger partial charge < -0.3 is 0 Å². The summed E-state index contributed by atoms with van der Waals surface area (Å²) in [6, 6.07) is 0.155. The topological polar surface area (TPSA) is 68.8 Å². The van der Waals surface area contributed by atoms with E-state index in [-0.39, 0.29) is 6.04 Å². The summed E-state index contributed by atoms with van der Waals surface area (Å²) in [6.45, 7) is 0. The zero-order valence-corrected chi connectivity index (χ0v) is 10.4. The minimum absolute atomic E-state index is 0.155. The van der Waals surface area contributed by atoms with Crippen molar-refractivity contribution in [2.24, 2.45) is 18.8 Å². The van der Waals surface area contributed by atoms with Gasteiger partial charge in [0.1, 0.15) is 0 Å². The minimum atomic E-state index is 0.155. The zero-order chi connectivity index (χ0) is 10.8. The summed E-state index contributed by atoms with van der Waals surface area (Å²) in [7, 11) is 1.90. The van der Waals surface area contributed by atoms with Gasteiger partial charge in [-0.25, -0.2) is 4.68 Å². The lowest BCUT2D eigenvalue weighted by molar-refractivity contribution is 0.354. The molecule has 1 atom stereocenters. The first kappa shape index (κ1) is 11.0. The Hall–Kier alpha value is -0.460. The number of nitrogens with one attached hydrogen (secondary N) is 1. The van der Waals surface area contributed by atoms with Crippen LogP contribution in [0.3, 0.4) is 0 Å². The summed E-state index contributed by atoms with van der Waals surface area (Å²) in [5.74, 6) is 6.24. The molecule has 1 aliphatic rings. The van der Waals surface area contributed by atoms with Gasteiger partial charge in [-0.05, 0) is 34.7 Å². The van der Waals surface area contributed by atoms with Gasteiger partial charge in [0.15, 0.2) is 4.60 Å². The monoisotopic (exact) mass is 273 g/mol. The van der Waals surface area contributed by atoms with E-state index in [1.54, 1.807) is 4.68 Å². The fraction of sp³-hybridized carbons (Fsp3) is 0.778. The summed E-state index contributed by atoms with van der Waals surface area (Å²) in [6.07, 6.45) is 5.05. The van der Waals surface area contributed by atoms with Gasteiger partial charge >= 0.3 is 0 Å². The Balaban J connectivity index is 2.25. The number of nitrogens with two attached hydrogens (primary N) is 1. The number of hydrazine groups is 1. The number of nitrogens with zero attached hydrogens (tertiary/aromatic N) is 3. The van der Waals surface area contributed by atoms with Crippen molar-refractivity contribution in [2.75, 3.05) is 0 Å². The van der Waals surface area contributed by atoms with E-state index in [2.05, 4.69) is 31.7 Å². The number of hydrogen-bond donors (Lipinski definition) is 2. The lowest BCUT2D eigenvalue weighted by Gasteiger charge is -2.22. The molecule has 0 bridgehead atoms. The lowest BCUT2D eigenvalue weighted by atomic mass is 9.96. The van der Waals surface area contributed by atoms with Gasteiger partial charge in [-0.15, -0.1) is 5.10 Å². The van der Waals surface area contributed by atoms with Crippen LogP contribution in [0.2, 0.25) is 0 Å². The molecule has 0 aliphatic heterocycles. The predicted octanol–water partition coefficient (Wildman–Crippen LogP) is 1.27. The fourth-order valence-electron chi connectivity index (χ4n) is 2.40. The van der Waals surface area contributed by atoms with Crippen molar-refractivity contribution in [1.82, 2.24) is 20.4 Å². The number of aryl methyl sites for hydroxylation is 1. The molecule has 0 aromatic carbocycles. The number of aromatic nitrogens is 3. The predicted molar refractivity (Wildman–Crippen MR) is 60.7 cm³/mol. The summed E-state index contributed by atoms with van der Waals surface area (Å²) in [5.41, 5.74) is 3.94. The van der Waals surface area contributed by atoms with Crippen molar-refractivity contribution < 1.29 is 0 Å². The van der Waals surface area contributed by atoms with Crippen LogP contribution in [0.25, 0.3) is 0 Å². The molecular formula is C9H16BrN5. The Morgan fingerprint density at radius 1 is 1.53 bits per heavy atom. The standard InChI is InChI=1S/C9H16BrN5/c1-15-8(9(10)13-14-15)7(12-11)6-4-2-3-5-6/h6-7,12H,2-5,11H2,1H3. The first-order valence-corrected chi connectivity index (χ1v) is 6.04. The van der Waals surface area contributed by atoms with Gasteiger partial charge in [0.25, 0.3) is 0 Å². The van der Waals surface area contributed by atoms with E-state index in [0.717, 1.165) is 10.3 Å². The van der Waals surface area contributed by atoms with Crippen LogP contribution < -0.4 is 11.3 Å². The Labute approximate surface area is 97.5 Å². The smallest absolute Gasteiger partial charge is 0.153 e. The second-order valence-corrected chi connectivity index (χ2v) is 4.83. The highest BCUT2D eigenvalue weighted by Gasteiger charge is 2.29. The van der Waals surface area contributed by atoms with Gasteiger partial charge in [0, 0.05) is 7.05 Å². The Morgan fingerprint density at radius 2 is 2.20 bits per heavy atom. The van der Waals surface area contributed by atoms with Gasteiger partial charge in [-0.3, -0.25) is 11.3 Å². The van der Waals surface area contributed by atoms with Crippen LogP contribution >= 0.6 is 15.9 Å². The van der Waals surface area contributed by atoms with Gasteiger partial charge in [-0.2, -0.15) is 0 Å². The number of hydrogen-bond acceptors (Lipinski definition) is 4. The highest BCUT2D eigenvalue weighted by atomic mass is 79.9. The quantitative estimate of drug-likeness (QED) is 0.643. The first-order chi connectivity index (χ1) is 7.24. The third-order valence-corrected chi connectivity index (χ3v) is 3.74. The van der Waals surface area contributed by atoms with E-state index in [4.69, 9.17) is 5.84 Å². The van der Waals surface area contributed by atoms with Crippen LogP contribution in [-0.2, 0) is 7.05 Å². The van der Waals surface area contributed by atoms with E-state index in [9.17, 15) is 0 Å². The van der Waals surface area contributed by atoms with Crippen molar-refractivity contribution in [3.05, 3.63) is 10.3 Å². The maximum Gasteiger partial charge on any atom is 0.153 e. The number of rotatable bonds is 3. The molecule has 15 heavy (non-hydrogen) atoms. The molecule has 0 saturated heterocycles. The molecule has 1 aliphatic carbocycles. The fourth-order valence-corrected chi connectivity index (χ4v) is 2.97. The molecule has 1 heterocycles. The van der Waals surface area contributed by atoms with Gasteiger partial charge in [-0.1, -0.05) is 18.1 Å². The van der Waals surface area contributed by atoms with Crippen LogP contribution in [0.5, 0.6) is 0 Å². The second kappa shape index (κ2) is 4.59. The molecular weight excluding hydrogens is 258 g/mol. The average Bonchev–Trinajstić information content (AvgIpc) is 2.83. The molecule has 3 N–H and O–H groups in total. The van der Waals surface area contributed by atoms with E-state index < -0.39 is 0 Å². The molecule has 0 amide bonds. The molecule has 1 aromatic heterocycles. The molecule has 1 fully saturated rings. The third-order valence-electron chi connectivity index (χ3n) is 3.17. The summed E-state index contributed by atoms with van der Waals surface area (Å²) < 4.78 is 2.58. The first-order valence-electron chi connectivity index (χ1n) is 5.25. The van der Waals surface area contributed by atoms with Crippen LogP contribution in [0.1, 0.15) is 37.4 Å². The zero-order valence-electron chi connectivity index (χ0n) is 8.78. The lowest BCUT2D eigenvalue weighted by Crippen LogP contribution is -2.34. The van der Waals surface area contributed by atoms with E-state index in [0.29, 0.717) is 5.92 Å². The van der Waals surface area contributed by atoms with E-state index in [1.165, 1.54) is 25.7 Å². The number of halogens is 1. The minimum Gasteiger partial charge on any atom is -0.271 e. The van der Waals surface area contributed by atoms with Crippen molar-refractivity contribution in [2.45, 2.75) is 31.7 Å². The second-order valence-electron chi connectivity index (χ2n) is 4.08. The largest absolute Gasteiger partial charge is 0.271 e. The summed E-state index contributed by atoms with van der Waals surface area (Å²) >= 11 is 3.42. The maximum atomic E-state index is 5.64. The van der Waals surface area contributed by atoms with E-state index >= 15 is 0 Å². The molecule has 0 radical (unpaired) electrons. The van der Waals surface area contributed by atoms with Crippen LogP contribution in [0, 0.1) is 5.92 Å². The highest BCUT2D eigenvalue weighted by molar-refractivity contribution is 9.10. The van der Waals surface area contributed by atoms with Crippen LogP contribution in [0.4, 0.5) is 0 Å². The molecule has 84 valence electrons. The Morgan fingerprint density at radius 3 is 2.67 bits per heavy atom. The molecule has 6 heteroatoms. The van der Waals surface area contributed by atoms with Crippen molar-refractivity contribution in [3.63, 3.8) is 0 Å². The molecule has 0 spiro atoms. The van der Waals surface area contributed by atoms with Crippen molar-refractivity contribution in [3.8, 4) is 0 Å². The Bertz CT molecular complexity index is 312. The third kappa shape index (κ3) is 2.07. The molecule has 5 nitrogen and oxygen atoms in total. The highest BCUT2D eigenvalue weighted by Crippen LogP contribution is 2.36. The SMILES string of the molecule is Cn1nnc(Br)c1C(NN)C1CCCC1. The molecule has 1 saturated carbocycles. The van der Waals surface area contributed by atoms with Crippen molar-refractivity contribution in [1.29, 1.82) is 0 Å². The molecule has 1 aromatic rings. The summed E-state index contributed by atoms with van der Waals surface area (Å²) in [4.78, 5) is 0. The van der Waals surface area contributed by atoms with Crippen molar-refractivity contribution >= 4 is 15.9 Å². The van der Waals surface area contributed by atoms with Crippen LogP contribution in [-0.4, -0.2) is 15.0 Å². The van der Waals surface area contributed by atoms with Crippen LogP contribution in [0.15, 0.2) is 4.60 Å². The molecule has 2 rings (SSSR count).